The largest absolute Gasteiger partial charge is 0.495 e. The van der Waals surface area contributed by atoms with Crippen LogP contribution in [0.2, 0.25) is 0 Å². The zero-order valence-electron chi connectivity index (χ0n) is 10.5. The van der Waals surface area contributed by atoms with Gasteiger partial charge in [-0.25, -0.2) is 0 Å². The molecule has 0 aliphatic heterocycles. The lowest BCUT2D eigenvalue weighted by Crippen LogP contribution is -2.21. The van der Waals surface area contributed by atoms with Gasteiger partial charge in [0.25, 0.3) is 0 Å². The van der Waals surface area contributed by atoms with Crippen LogP contribution in [0.1, 0.15) is 19.8 Å². The number of hydrogen-bond donors (Lipinski definition) is 2. The van der Waals surface area contributed by atoms with Crippen molar-refractivity contribution in [2.75, 3.05) is 12.4 Å². The molecule has 1 rings (SSSR count). The Morgan fingerprint density at radius 2 is 2.06 bits per heavy atom. The van der Waals surface area contributed by atoms with Gasteiger partial charge in [-0.15, -0.1) is 0 Å². The van der Waals surface area contributed by atoms with Crippen LogP contribution in [-0.4, -0.2) is 24.1 Å². The summed E-state index contributed by atoms with van der Waals surface area (Å²) in [5.41, 5.74) is 0.590. The van der Waals surface area contributed by atoms with Crippen molar-refractivity contribution >= 4 is 17.6 Å². The molecule has 0 radical (unpaired) electrons. The van der Waals surface area contributed by atoms with Gasteiger partial charge in [0.1, 0.15) is 5.75 Å². The summed E-state index contributed by atoms with van der Waals surface area (Å²) in [4.78, 5) is 22.3. The molecular weight excluding hydrogens is 234 g/mol. The number of anilines is 1. The third-order valence-corrected chi connectivity index (χ3v) is 2.60. The Balaban J connectivity index is 2.60. The monoisotopic (exact) mass is 251 g/mol. The summed E-state index contributed by atoms with van der Waals surface area (Å²) in [6.07, 6.45) is 0.302. The molecule has 1 aromatic carbocycles. The molecule has 98 valence electrons. The molecule has 0 saturated carbocycles. The molecule has 0 aliphatic carbocycles. The second-order valence-corrected chi connectivity index (χ2v) is 4.02. The molecule has 1 aromatic rings. The van der Waals surface area contributed by atoms with Crippen LogP contribution >= 0.6 is 0 Å². The van der Waals surface area contributed by atoms with Gasteiger partial charge in [0, 0.05) is 12.3 Å². The smallest absolute Gasteiger partial charge is 0.303 e. The SMILES string of the molecule is COc1ccccc1NC(=O)C(C)CCC(=O)O. The van der Waals surface area contributed by atoms with Crippen molar-refractivity contribution in [1.29, 1.82) is 0 Å². The summed E-state index contributed by atoms with van der Waals surface area (Å²) < 4.78 is 5.12. The van der Waals surface area contributed by atoms with Crippen molar-refractivity contribution in [3.05, 3.63) is 24.3 Å². The number of para-hydroxylation sites is 2. The second-order valence-electron chi connectivity index (χ2n) is 4.02. The quantitative estimate of drug-likeness (QED) is 0.812. The van der Waals surface area contributed by atoms with E-state index in [-0.39, 0.29) is 18.2 Å². The summed E-state index contributed by atoms with van der Waals surface area (Å²) in [5, 5.41) is 11.3. The fraction of sp³-hybridized carbons (Fsp3) is 0.385. The highest BCUT2D eigenvalue weighted by Gasteiger charge is 2.15. The van der Waals surface area contributed by atoms with E-state index in [4.69, 9.17) is 9.84 Å². The number of carbonyl (C=O) groups is 2. The van der Waals surface area contributed by atoms with Crippen LogP contribution < -0.4 is 10.1 Å². The Labute approximate surface area is 106 Å². The number of aliphatic carboxylic acids is 1. The summed E-state index contributed by atoms with van der Waals surface area (Å²) in [6, 6.07) is 7.08. The number of carboxylic acids is 1. The molecule has 2 N–H and O–H groups in total. The Bertz CT molecular complexity index is 431. The molecule has 0 heterocycles. The van der Waals surface area contributed by atoms with E-state index >= 15 is 0 Å². The highest BCUT2D eigenvalue weighted by Crippen LogP contribution is 2.23. The standard InChI is InChI=1S/C13H17NO4/c1-9(7-8-12(15)16)13(17)14-10-5-3-4-6-11(10)18-2/h3-6,9H,7-8H2,1-2H3,(H,14,17)(H,15,16). The number of hydrogen-bond acceptors (Lipinski definition) is 3. The number of benzene rings is 1. The maximum atomic E-state index is 11.8. The van der Waals surface area contributed by atoms with Gasteiger partial charge < -0.3 is 15.2 Å². The summed E-state index contributed by atoms with van der Waals surface area (Å²) in [5.74, 6) is -0.880. The molecule has 0 saturated heterocycles. The molecule has 0 aromatic heterocycles. The number of amides is 1. The number of ether oxygens (including phenoxy) is 1. The maximum absolute atomic E-state index is 11.8. The fourth-order valence-corrected chi connectivity index (χ4v) is 1.47. The first-order valence-electron chi connectivity index (χ1n) is 5.70. The van der Waals surface area contributed by atoms with Crippen molar-refractivity contribution in [1.82, 2.24) is 0 Å². The van der Waals surface area contributed by atoms with E-state index in [0.29, 0.717) is 17.9 Å². The summed E-state index contributed by atoms with van der Waals surface area (Å²) in [6.45, 7) is 1.70. The van der Waals surface area contributed by atoms with Crippen molar-refractivity contribution < 1.29 is 19.4 Å². The topological polar surface area (TPSA) is 75.6 Å². The van der Waals surface area contributed by atoms with Crippen LogP contribution in [0.3, 0.4) is 0 Å². The number of nitrogens with one attached hydrogen (secondary N) is 1. The van der Waals surface area contributed by atoms with Gasteiger partial charge in [0.15, 0.2) is 0 Å². The molecule has 0 spiro atoms. The molecular formula is C13H17NO4. The van der Waals surface area contributed by atoms with Crippen LogP contribution in [-0.2, 0) is 9.59 Å². The van der Waals surface area contributed by atoms with E-state index in [1.165, 1.54) is 7.11 Å². The first kappa shape index (κ1) is 14.0. The first-order chi connectivity index (χ1) is 8.54. The van der Waals surface area contributed by atoms with Gasteiger partial charge in [-0.2, -0.15) is 0 Å². The van der Waals surface area contributed by atoms with E-state index in [1.807, 2.05) is 6.07 Å². The van der Waals surface area contributed by atoms with Crippen molar-refractivity contribution in [3.8, 4) is 5.75 Å². The van der Waals surface area contributed by atoms with E-state index in [0.717, 1.165) is 0 Å². The Morgan fingerprint density at radius 1 is 1.39 bits per heavy atom. The van der Waals surface area contributed by atoms with Gasteiger partial charge in [0.05, 0.1) is 12.8 Å². The van der Waals surface area contributed by atoms with Gasteiger partial charge >= 0.3 is 5.97 Å². The molecule has 5 heteroatoms. The Morgan fingerprint density at radius 3 is 2.67 bits per heavy atom. The molecule has 1 amide bonds. The highest BCUT2D eigenvalue weighted by molar-refractivity contribution is 5.93. The highest BCUT2D eigenvalue weighted by atomic mass is 16.5. The number of methoxy groups -OCH3 is 1. The molecule has 1 unspecified atom stereocenters. The minimum atomic E-state index is -0.896. The van der Waals surface area contributed by atoms with Crippen LogP contribution in [0, 0.1) is 5.92 Å². The predicted octanol–water partition coefficient (Wildman–Crippen LogP) is 2.13. The molecule has 5 nitrogen and oxygen atoms in total. The Hall–Kier alpha value is -2.04. The molecule has 18 heavy (non-hydrogen) atoms. The second kappa shape index (κ2) is 6.64. The molecule has 0 bridgehead atoms. The molecule has 1 atom stereocenters. The average Bonchev–Trinajstić information content (AvgIpc) is 2.36. The van der Waals surface area contributed by atoms with Crippen molar-refractivity contribution in [3.63, 3.8) is 0 Å². The van der Waals surface area contributed by atoms with E-state index in [9.17, 15) is 9.59 Å². The molecule has 0 aliphatic rings. The van der Waals surface area contributed by atoms with Crippen LogP contribution in [0.15, 0.2) is 24.3 Å². The lowest BCUT2D eigenvalue weighted by atomic mass is 10.0. The van der Waals surface area contributed by atoms with Crippen LogP contribution in [0.25, 0.3) is 0 Å². The first-order valence-corrected chi connectivity index (χ1v) is 5.70. The summed E-state index contributed by atoms with van der Waals surface area (Å²) in [7, 11) is 1.53. The van der Waals surface area contributed by atoms with E-state index in [1.54, 1.807) is 25.1 Å². The van der Waals surface area contributed by atoms with Gasteiger partial charge in [-0.1, -0.05) is 19.1 Å². The third kappa shape index (κ3) is 4.08. The van der Waals surface area contributed by atoms with Gasteiger partial charge in [-0.3, -0.25) is 9.59 Å². The van der Waals surface area contributed by atoms with Crippen LogP contribution in [0.5, 0.6) is 5.75 Å². The van der Waals surface area contributed by atoms with Crippen LogP contribution in [0.4, 0.5) is 5.69 Å². The van der Waals surface area contributed by atoms with Gasteiger partial charge in [0.2, 0.25) is 5.91 Å². The van der Waals surface area contributed by atoms with E-state index in [2.05, 4.69) is 5.32 Å². The third-order valence-electron chi connectivity index (χ3n) is 2.60. The van der Waals surface area contributed by atoms with Crippen molar-refractivity contribution in [2.24, 2.45) is 5.92 Å². The number of carboxylic acid groups (broad SMARTS) is 1. The zero-order valence-corrected chi connectivity index (χ0v) is 10.5. The minimum absolute atomic E-state index is 0.0134. The fourth-order valence-electron chi connectivity index (χ4n) is 1.47. The van der Waals surface area contributed by atoms with Crippen molar-refractivity contribution in [2.45, 2.75) is 19.8 Å². The molecule has 0 fully saturated rings. The number of carbonyl (C=O) groups excluding carboxylic acids is 1. The lowest BCUT2D eigenvalue weighted by molar-refractivity contribution is -0.137. The maximum Gasteiger partial charge on any atom is 0.303 e. The predicted molar refractivity (Wildman–Crippen MR) is 67.7 cm³/mol. The zero-order chi connectivity index (χ0) is 13.5. The normalized spacial score (nSPS) is 11.7. The minimum Gasteiger partial charge on any atom is -0.495 e. The van der Waals surface area contributed by atoms with Gasteiger partial charge in [-0.05, 0) is 18.6 Å². The van der Waals surface area contributed by atoms with E-state index < -0.39 is 5.97 Å². The Kier molecular flexibility index (Phi) is 5.17. The number of rotatable bonds is 6. The average molecular weight is 251 g/mol. The lowest BCUT2D eigenvalue weighted by Gasteiger charge is -2.13. The summed E-state index contributed by atoms with van der Waals surface area (Å²) >= 11 is 0.